The van der Waals surface area contributed by atoms with Crippen molar-refractivity contribution in [1.29, 1.82) is 0 Å². The second-order valence-electron chi connectivity index (χ2n) is 5.00. The van der Waals surface area contributed by atoms with E-state index in [1.807, 2.05) is 0 Å². The quantitative estimate of drug-likeness (QED) is 0.681. The van der Waals surface area contributed by atoms with E-state index in [9.17, 15) is 14.0 Å². The lowest BCUT2D eigenvalue weighted by Crippen LogP contribution is -2.30. The van der Waals surface area contributed by atoms with Crippen molar-refractivity contribution in [2.45, 2.75) is 20.3 Å². The van der Waals surface area contributed by atoms with Gasteiger partial charge >= 0.3 is 0 Å². The molecule has 1 aliphatic heterocycles. The number of benzene rings is 1. The summed E-state index contributed by atoms with van der Waals surface area (Å²) >= 11 is 5.85. The highest BCUT2D eigenvalue weighted by Crippen LogP contribution is 2.36. The van der Waals surface area contributed by atoms with Crippen LogP contribution in [0.1, 0.15) is 20.3 Å². The molecule has 7 heteroatoms. The summed E-state index contributed by atoms with van der Waals surface area (Å²) in [4.78, 5) is 25.1. The van der Waals surface area contributed by atoms with Crippen LogP contribution in [-0.4, -0.2) is 30.1 Å². The fraction of sp³-hybridized carbons (Fsp3) is 0.333. The zero-order chi connectivity index (χ0) is 16.4. The van der Waals surface area contributed by atoms with E-state index < -0.39 is 17.6 Å². The van der Waals surface area contributed by atoms with Gasteiger partial charge in [-0.3, -0.25) is 9.59 Å². The molecular formula is C15H15ClFNO4. The molecule has 1 aromatic carbocycles. The highest BCUT2D eigenvalue weighted by Gasteiger charge is 2.37. The molecule has 0 unspecified atom stereocenters. The van der Waals surface area contributed by atoms with Crippen molar-refractivity contribution in [2.75, 3.05) is 18.1 Å². The lowest BCUT2D eigenvalue weighted by Gasteiger charge is -2.17. The monoisotopic (exact) mass is 327 g/mol. The number of amides is 2. The van der Waals surface area contributed by atoms with Crippen LogP contribution < -0.4 is 9.64 Å². The first-order chi connectivity index (χ1) is 10.4. The van der Waals surface area contributed by atoms with Crippen molar-refractivity contribution in [2.24, 2.45) is 0 Å². The normalized spacial score (nSPS) is 14.8. The summed E-state index contributed by atoms with van der Waals surface area (Å²) in [5.74, 6) is -1.74. The van der Waals surface area contributed by atoms with Crippen molar-refractivity contribution in [3.63, 3.8) is 0 Å². The molecule has 5 nitrogen and oxygen atoms in total. The molecule has 0 radical (unpaired) electrons. The fourth-order valence-electron chi connectivity index (χ4n) is 2.14. The lowest BCUT2D eigenvalue weighted by atomic mass is 10.1. The minimum atomic E-state index is -0.793. The molecule has 0 saturated carbocycles. The van der Waals surface area contributed by atoms with Gasteiger partial charge in [0.25, 0.3) is 5.91 Å². The number of carbonyl (C=O) groups is 2. The molecule has 1 fully saturated rings. The zero-order valence-corrected chi connectivity index (χ0v) is 12.9. The molecule has 1 aromatic rings. The molecular weight excluding hydrogens is 313 g/mol. The number of aliphatic hydroxyl groups is 1. The first-order valence-electron chi connectivity index (χ1n) is 6.63. The minimum Gasteiger partial charge on any atom is -0.490 e. The molecule has 1 N–H and O–H groups in total. The van der Waals surface area contributed by atoms with Crippen molar-refractivity contribution in [3.8, 4) is 5.75 Å². The van der Waals surface area contributed by atoms with Gasteiger partial charge < -0.3 is 9.84 Å². The maximum atomic E-state index is 14.1. The third-order valence-electron chi connectivity index (χ3n) is 3.23. The Labute approximate surface area is 131 Å². The smallest absolute Gasteiger partial charge is 0.261 e. The lowest BCUT2D eigenvalue weighted by molar-refractivity contribution is -0.120. The van der Waals surface area contributed by atoms with E-state index in [0.29, 0.717) is 11.1 Å². The first-order valence-corrected chi connectivity index (χ1v) is 7.01. The number of carbonyl (C=O) groups excluding carboxylic acids is 2. The Balaban J connectivity index is 2.46. The maximum Gasteiger partial charge on any atom is 0.261 e. The number of hydrogen-bond acceptors (Lipinski definition) is 4. The molecule has 22 heavy (non-hydrogen) atoms. The van der Waals surface area contributed by atoms with E-state index in [4.69, 9.17) is 21.4 Å². The summed E-state index contributed by atoms with van der Waals surface area (Å²) in [5.41, 5.74) is 0.868. The van der Waals surface area contributed by atoms with Crippen LogP contribution in [-0.2, 0) is 9.59 Å². The van der Waals surface area contributed by atoms with Crippen molar-refractivity contribution >= 4 is 29.1 Å². The topological polar surface area (TPSA) is 66.8 Å². The molecule has 118 valence electrons. The van der Waals surface area contributed by atoms with Gasteiger partial charge in [0.05, 0.1) is 23.7 Å². The number of imide groups is 1. The molecule has 0 spiro atoms. The van der Waals surface area contributed by atoms with Crippen molar-refractivity contribution < 1.29 is 23.8 Å². The Morgan fingerprint density at radius 1 is 1.41 bits per heavy atom. The predicted octanol–water partition coefficient (Wildman–Crippen LogP) is 2.45. The number of aliphatic hydroxyl groups excluding tert-OH is 1. The van der Waals surface area contributed by atoms with E-state index in [-0.39, 0.29) is 36.1 Å². The maximum absolute atomic E-state index is 14.1. The van der Waals surface area contributed by atoms with Gasteiger partial charge in [0.15, 0.2) is 0 Å². The number of hydrogen-bond donors (Lipinski definition) is 1. The summed E-state index contributed by atoms with van der Waals surface area (Å²) < 4.78 is 19.3. The molecule has 1 aliphatic rings. The Kier molecular flexibility index (Phi) is 4.83. The van der Waals surface area contributed by atoms with Gasteiger partial charge in [0.2, 0.25) is 5.91 Å². The molecule has 0 atom stereocenters. The van der Waals surface area contributed by atoms with Crippen LogP contribution in [0.15, 0.2) is 23.3 Å². The summed E-state index contributed by atoms with van der Waals surface area (Å²) in [6.45, 7) is 3.16. The summed E-state index contributed by atoms with van der Waals surface area (Å²) in [5, 5.41) is 8.76. The van der Waals surface area contributed by atoms with E-state index in [1.54, 1.807) is 13.8 Å². The third-order valence-corrected chi connectivity index (χ3v) is 3.53. The van der Waals surface area contributed by atoms with Gasteiger partial charge in [-0.1, -0.05) is 17.2 Å². The van der Waals surface area contributed by atoms with Gasteiger partial charge in [0, 0.05) is 11.6 Å². The standard InChI is InChI=1S/C15H15ClFNO4/c1-8(2)9-5-14(20)18(15(9)21)12-7-13(22-4-3-19)10(16)6-11(12)17/h6-7,19H,3-5H2,1-2H3. The van der Waals surface area contributed by atoms with Crippen molar-refractivity contribution in [1.82, 2.24) is 0 Å². The average molecular weight is 328 g/mol. The Hall–Kier alpha value is -1.92. The SMILES string of the molecule is CC(C)=C1CC(=O)N(c2cc(OCCO)c(Cl)cc2F)C1=O. The largest absolute Gasteiger partial charge is 0.490 e. The molecule has 0 aliphatic carbocycles. The molecule has 0 aromatic heterocycles. The molecule has 2 rings (SSSR count). The van der Waals surface area contributed by atoms with Crippen LogP contribution in [0.4, 0.5) is 10.1 Å². The minimum absolute atomic E-state index is 0.00349. The molecule has 0 bridgehead atoms. The second kappa shape index (κ2) is 6.46. The molecule has 2 amide bonds. The van der Waals surface area contributed by atoms with E-state index >= 15 is 0 Å². The fourth-order valence-corrected chi connectivity index (χ4v) is 2.35. The Bertz CT molecular complexity index is 668. The highest BCUT2D eigenvalue weighted by molar-refractivity contribution is 6.32. The third kappa shape index (κ3) is 2.98. The van der Waals surface area contributed by atoms with Gasteiger partial charge in [0.1, 0.15) is 18.2 Å². The van der Waals surface area contributed by atoms with E-state index in [2.05, 4.69) is 0 Å². The van der Waals surface area contributed by atoms with Crippen molar-refractivity contribution in [3.05, 3.63) is 34.1 Å². The van der Waals surface area contributed by atoms with Crippen LogP contribution >= 0.6 is 11.6 Å². The Morgan fingerprint density at radius 3 is 2.64 bits per heavy atom. The van der Waals surface area contributed by atoms with Crippen LogP contribution in [0.3, 0.4) is 0 Å². The summed E-state index contributed by atoms with van der Waals surface area (Å²) in [7, 11) is 0. The van der Waals surface area contributed by atoms with Gasteiger partial charge in [-0.05, 0) is 19.9 Å². The predicted molar refractivity (Wildman–Crippen MR) is 79.5 cm³/mol. The number of rotatable bonds is 4. The van der Waals surface area contributed by atoms with Crippen LogP contribution in [0.25, 0.3) is 0 Å². The number of anilines is 1. The number of nitrogens with zero attached hydrogens (tertiary/aromatic N) is 1. The number of allylic oxidation sites excluding steroid dienone is 1. The molecule has 1 saturated heterocycles. The first kappa shape index (κ1) is 16.5. The van der Waals surface area contributed by atoms with Gasteiger partial charge in [-0.15, -0.1) is 0 Å². The summed E-state index contributed by atoms with van der Waals surface area (Å²) in [6, 6.07) is 2.17. The van der Waals surface area contributed by atoms with Crippen LogP contribution in [0.2, 0.25) is 5.02 Å². The van der Waals surface area contributed by atoms with E-state index in [1.165, 1.54) is 6.07 Å². The average Bonchev–Trinajstić information content (AvgIpc) is 2.74. The Morgan fingerprint density at radius 2 is 2.09 bits per heavy atom. The number of ether oxygens (including phenoxy) is 1. The molecule has 1 heterocycles. The number of halogens is 2. The highest BCUT2D eigenvalue weighted by atomic mass is 35.5. The zero-order valence-electron chi connectivity index (χ0n) is 12.2. The summed E-state index contributed by atoms with van der Waals surface area (Å²) in [6.07, 6.45) is -0.0595. The second-order valence-corrected chi connectivity index (χ2v) is 5.40. The van der Waals surface area contributed by atoms with E-state index in [0.717, 1.165) is 11.0 Å². The van der Waals surface area contributed by atoms with Crippen LogP contribution in [0, 0.1) is 5.82 Å². The van der Waals surface area contributed by atoms with Crippen LogP contribution in [0.5, 0.6) is 5.75 Å². The van der Waals surface area contributed by atoms with Gasteiger partial charge in [-0.2, -0.15) is 0 Å². The van der Waals surface area contributed by atoms with Gasteiger partial charge in [-0.25, -0.2) is 9.29 Å².